The zero-order valence-corrected chi connectivity index (χ0v) is 30.7. The molecule has 0 spiro atoms. The van der Waals surface area contributed by atoms with Crippen molar-refractivity contribution >= 4 is 31.1 Å². The van der Waals surface area contributed by atoms with Gasteiger partial charge in [0.25, 0.3) is 0 Å². The summed E-state index contributed by atoms with van der Waals surface area (Å²) < 4.78 is 60.7. The summed E-state index contributed by atoms with van der Waals surface area (Å²) in [5.41, 5.74) is 5.83. The van der Waals surface area contributed by atoms with E-state index in [9.17, 15) is 16.8 Å². The molecule has 12 heteroatoms. The van der Waals surface area contributed by atoms with E-state index in [4.69, 9.17) is 9.97 Å². The van der Waals surface area contributed by atoms with E-state index in [1.54, 1.807) is 48.5 Å². The number of benzene rings is 5. The van der Waals surface area contributed by atoms with Gasteiger partial charge in [-0.2, -0.15) is 0 Å². The molecular weight excluding hydrogens is 693 g/mol. The summed E-state index contributed by atoms with van der Waals surface area (Å²) >= 11 is 0. The molecule has 6 aromatic rings. The second-order valence-corrected chi connectivity index (χ2v) is 16.2. The largest absolute Gasteiger partial charge is 0.311 e. The van der Waals surface area contributed by atoms with Crippen LogP contribution in [0.3, 0.4) is 0 Å². The maximum atomic E-state index is 14.0. The van der Waals surface area contributed by atoms with Gasteiger partial charge in [0.05, 0.1) is 44.3 Å². The summed E-state index contributed by atoms with van der Waals surface area (Å²) in [6.45, 7) is 4.74. The maximum Gasteiger partial charge on any atom is 0.241 e. The van der Waals surface area contributed by atoms with Crippen LogP contribution in [0, 0.1) is 13.8 Å². The molecule has 1 heterocycles. The summed E-state index contributed by atoms with van der Waals surface area (Å²) in [6, 6.07) is 38.6. The highest BCUT2D eigenvalue weighted by Gasteiger charge is 2.30. The lowest BCUT2D eigenvalue weighted by Crippen LogP contribution is -2.40. The molecule has 10 nitrogen and oxygen atoms in total. The first-order valence-corrected chi connectivity index (χ1v) is 20.0. The summed E-state index contributed by atoms with van der Waals surface area (Å²) in [4.78, 5) is 10.3. The second-order valence-electron chi connectivity index (χ2n) is 12.7. The fourth-order valence-electron chi connectivity index (χ4n) is 5.76. The standard InChI is InChI=1S/C40H42N6O4S2/c1-29-17-21-33(22-18-29)51(47,48)43-28-37(42-26-32-13-7-4-8-14-32)39-40(45-36-16-10-9-15-35(36)44-39)38(27-41-25-31-11-5-3-6-12-31)46-52(49,50)34-23-19-30(2)20-24-34/h3-24,37-38,41-43,46H,25-28H2,1-2H3/t37-,38+/m1/s1. The lowest BCUT2D eigenvalue weighted by molar-refractivity contribution is 0.479. The number of hydrogen-bond acceptors (Lipinski definition) is 8. The minimum Gasteiger partial charge on any atom is -0.311 e. The fraction of sp³-hybridized carbons (Fsp3) is 0.200. The van der Waals surface area contributed by atoms with Crippen LogP contribution in [-0.4, -0.2) is 39.9 Å². The van der Waals surface area contributed by atoms with Crippen molar-refractivity contribution in [2.45, 2.75) is 48.8 Å². The van der Waals surface area contributed by atoms with Gasteiger partial charge in [0.2, 0.25) is 20.0 Å². The number of sulfonamides is 2. The molecule has 0 fully saturated rings. The highest BCUT2D eigenvalue weighted by atomic mass is 32.2. The van der Waals surface area contributed by atoms with Gasteiger partial charge >= 0.3 is 0 Å². The van der Waals surface area contributed by atoms with Crippen molar-refractivity contribution < 1.29 is 16.8 Å². The van der Waals surface area contributed by atoms with Gasteiger partial charge in [-0.25, -0.2) is 36.2 Å². The monoisotopic (exact) mass is 734 g/mol. The quantitative estimate of drug-likeness (QED) is 0.0969. The van der Waals surface area contributed by atoms with E-state index in [0.717, 1.165) is 22.3 Å². The number of para-hydroxylation sites is 2. The topological polar surface area (TPSA) is 142 Å². The predicted octanol–water partition coefficient (Wildman–Crippen LogP) is 5.87. The van der Waals surface area contributed by atoms with E-state index < -0.39 is 32.1 Å². The summed E-state index contributed by atoms with van der Waals surface area (Å²) in [6.07, 6.45) is 0. The molecule has 0 amide bonds. The minimum atomic E-state index is -4.04. The van der Waals surface area contributed by atoms with Gasteiger partial charge in [0.1, 0.15) is 0 Å². The SMILES string of the molecule is Cc1ccc(S(=O)(=O)NC[C@@H](NCc2ccccc2)c2nc3ccccc3nc2[C@H](CNCc2ccccc2)NS(=O)(=O)c2ccc(C)cc2)cc1. The molecule has 0 saturated carbocycles. The number of fused-ring (bicyclic) bond motifs is 1. The van der Waals surface area contributed by atoms with Crippen LogP contribution >= 0.6 is 0 Å². The first-order chi connectivity index (χ1) is 25.1. The summed E-state index contributed by atoms with van der Waals surface area (Å²) in [5, 5.41) is 6.91. The van der Waals surface area contributed by atoms with Gasteiger partial charge in [-0.15, -0.1) is 0 Å². The number of aromatic nitrogens is 2. The Morgan fingerprint density at radius 1 is 0.519 bits per heavy atom. The van der Waals surface area contributed by atoms with Crippen molar-refractivity contribution in [2.75, 3.05) is 13.1 Å². The number of rotatable bonds is 16. The van der Waals surface area contributed by atoms with Crippen LogP contribution < -0.4 is 20.1 Å². The van der Waals surface area contributed by atoms with E-state index in [-0.39, 0.29) is 22.9 Å². The van der Waals surface area contributed by atoms with Crippen molar-refractivity contribution in [3.63, 3.8) is 0 Å². The van der Waals surface area contributed by atoms with E-state index in [0.29, 0.717) is 35.5 Å². The molecule has 52 heavy (non-hydrogen) atoms. The van der Waals surface area contributed by atoms with Gasteiger partial charge in [-0.1, -0.05) is 108 Å². The normalized spacial score (nSPS) is 13.2. The predicted molar refractivity (Wildman–Crippen MR) is 204 cm³/mol. The molecule has 0 aliphatic rings. The fourth-order valence-corrected chi connectivity index (χ4v) is 8.01. The number of hydrogen-bond donors (Lipinski definition) is 4. The van der Waals surface area contributed by atoms with Crippen molar-refractivity contribution in [3.05, 3.63) is 167 Å². The lowest BCUT2D eigenvalue weighted by Gasteiger charge is -2.26. The molecule has 4 N–H and O–H groups in total. The number of nitrogens with zero attached hydrogens (tertiary/aromatic N) is 2. The zero-order valence-electron chi connectivity index (χ0n) is 29.0. The number of nitrogens with one attached hydrogen (secondary N) is 4. The smallest absolute Gasteiger partial charge is 0.241 e. The molecular formula is C40H42N6O4S2. The lowest BCUT2D eigenvalue weighted by atomic mass is 10.0. The minimum absolute atomic E-state index is 0.0854. The van der Waals surface area contributed by atoms with Crippen LogP contribution in [-0.2, 0) is 33.1 Å². The van der Waals surface area contributed by atoms with E-state index >= 15 is 0 Å². The molecule has 1 aromatic heterocycles. The molecule has 0 aliphatic heterocycles. The van der Waals surface area contributed by atoms with E-state index in [1.807, 2.05) is 98.8 Å². The summed E-state index contributed by atoms with van der Waals surface area (Å²) in [5.74, 6) is 0. The van der Waals surface area contributed by atoms with Crippen molar-refractivity contribution in [1.82, 2.24) is 30.0 Å². The highest BCUT2D eigenvalue weighted by molar-refractivity contribution is 7.89. The average Bonchev–Trinajstić information content (AvgIpc) is 3.15. The molecule has 5 aromatic carbocycles. The third-order valence-electron chi connectivity index (χ3n) is 8.64. The Kier molecular flexibility index (Phi) is 11.9. The van der Waals surface area contributed by atoms with Crippen LogP contribution in [0.4, 0.5) is 0 Å². The third-order valence-corrected chi connectivity index (χ3v) is 11.6. The summed E-state index contributed by atoms with van der Waals surface area (Å²) in [7, 11) is -7.95. The molecule has 0 saturated heterocycles. The Bertz CT molecular complexity index is 2310. The first kappa shape index (κ1) is 37.0. The zero-order chi connectivity index (χ0) is 36.6. The Balaban J connectivity index is 1.42. The molecule has 2 atom stereocenters. The molecule has 6 rings (SSSR count). The van der Waals surface area contributed by atoms with Gasteiger partial charge in [-0.05, 0) is 61.4 Å². The van der Waals surface area contributed by atoms with Gasteiger partial charge < -0.3 is 10.6 Å². The van der Waals surface area contributed by atoms with Gasteiger partial charge in [-0.3, -0.25) is 0 Å². The van der Waals surface area contributed by atoms with Crippen molar-refractivity contribution in [3.8, 4) is 0 Å². The Hall–Kier alpha value is -4.82. The average molecular weight is 735 g/mol. The molecule has 0 aliphatic carbocycles. The molecule has 0 bridgehead atoms. The van der Waals surface area contributed by atoms with Gasteiger partial charge in [0, 0.05) is 26.2 Å². The van der Waals surface area contributed by atoms with Crippen molar-refractivity contribution in [1.29, 1.82) is 0 Å². The maximum absolute atomic E-state index is 14.0. The van der Waals surface area contributed by atoms with E-state index in [2.05, 4.69) is 20.1 Å². The van der Waals surface area contributed by atoms with Crippen LogP contribution in [0.15, 0.2) is 143 Å². The molecule has 0 unspecified atom stereocenters. The van der Waals surface area contributed by atoms with E-state index in [1.165, 1.54) is 0 Å². The number of aryl methyl sites for hydroxylation is 2. The Labute approximate surface area is 305 Å². The van der Waals surface area contributed by atoms with Crippen LogP contribution in [0.25, 0.3) is 11.0 Å². The molecule has 268 valence electrons. The van der Waals surface area contributed by atoms with Crippen LogP contribution in [0.5, 0.6) is 0 Å². The Morgan fingerprint density at radius 3 is 1.52 bits per heavy atom. The van der Waals surface area contributed by atoms with Gasteiger partial charge in [0.15, 0.2) is 0 Å². The third kappa shape index (κ3) is 9.53. The van der Waals surface area contributed by atoms with Crippen LogP contribution in [0.2, 0.25) is 0 Å². The molecule has 0 radical (unpaired) electrons. The highest BCUT2D eigenvalue weighted by Crippen LogP contribution is 2.27. The Morgan fingerprint density at radius 2 is 0.981 bits per heavy atom. The second kappa shape index (κ2) is 16.7. The first-order valence-electron chi connectivity index (χ1n) is 17.0. The van der Waals surface area contributed by atoms with Crippen LogP contribution in [0.1, 0.15) is 45.7 Å². The van der Waals surface area contributed by atoms with Crippen molar-refractivity contribution in [2.24, 2.45) is 0 Å².